The van der Waals surface area contributed by atoms with Crippen LogP contribution in [0.3, 0.4) is 0 Å². The fourth-order valence-corrected chi connectivity index (χ4v) is 3.34. The van der Waals surface area contributed by atoms with Crippen LogP contribution < -0.4 is 5.32 Å². The molecule has 1 N–H and O–H groups in total. The highest BCUT2D eigenvalue weighted by atomic mass is 16.6. The quantitative estimate of drug-likeness (QED) is 0.496. The van der Waals surface area contributed by atoms with Crippen LogP contribution >= 0.6 is 0 Å². The van der Waals surface area contributed by atoms with Gasteiger partial charge in [-0.3, -0.25) is 14.9 Å². The summed E-state index contributed by atoms with van der Waals surface area (Å²) in [6, 6.07) is 11.9. The van der Waals surface area contributed by atoms with Crippen LogP contribution in [0.15, 0.2) is 42.5 Å². The van der Waals surface area contributed by atoms with Crippen LogP contribution in [0.25, 0.3) is 0 Å². The Kier molecular flexibility index (Phi) is 5.49. The van der Waals surface area contributed by atoms with E-state index in [-0.39, 0.29) is 23.2 Å². The number of benzene rings is 2. The van der Waals surface area contributed by atoms with E-state index in [9.17, 15) is 19.7 Å². The van der Waals surface area contributed by atoms with Crippen molar-refractivity contribution in [2.45, 2.75) is 32.2 Å². The molecule has 0 aromatic heterocycles. The first-order valence-electron chi connectivity index (χ1n) is 8.75. The van der Waals surface area contributed by atoms with Crippen molar-refractivity contribution < 1.29 is 19.2 Å². The zero-order chi connectivity index (χ0) is 19.4. The fourth-order valence-electron chi connectivity index (χ4n) is 3.34. The first kappa shape index (κ1) is 18.6. The van der Waals surface area contributed by atoms with E-state index in [2.05, 4.69) is 11.4 Å². The van der Waals surface area contributed by atoms with E-state index in [0.29, 0.717) is 5.56 Å². The standard InChI is InChI=1S/C20H20N2O5/c1-13-11-15(9-10-18(13)22(25)26)20(24)27-12-19(23)21-17-8-4-6-14-5-2-3-7-16(14)17/h2-3,5,7,9-11,17H,4,6,8,12H2,1H3,(H,21,23)/t17-/m1/s1. The lowest BCUT2D eigenvalue weighted by Gasteiger charge is -2.26. The first-order valence-corrected chi connectivity index (χ1v) is 8.75. The molecule has 7 heteroatoms. The summed E-state index contributed by atoms with van der Waals surface area (Å²) in [6.45, 7) is 1.15. The molecular formula is C20H20N2O5. The molecule has 1 amide bonds. The summed E-state index contributed by atoms with van der Waals surface area (Å²) in [5.41, 5.74) is 2.80. The minimum atomic E-state index is -0.688. The summed E-state index contributed by atoms with van der Waals surface area (Å²) in [6.07, 6.45) is 2.83. The number of hydrogen-bond donors (Lipinski definition) is 1. The minimum Gasteiger partial charge on any atom is -0.452 e. The molecule has 2 aromatic rings. The maximum atomic E-state index is 12.2. The summed E-state index contributed by atoms with van der Waals surface area (Å²) < 4.78 is 5.05. The second-order valence-corrected chi connectivity index (χ2v) is 6.55. The summed E-state index contributed by atoms with van der Waals surface area (Å²) in [5, 5.41) is 13.7. The maximum Gasteiger partial charge on any atom is 0.338 e. The first-order chi connectivity index (χ1) is 13.0. The molecule has 0 spiro atoms. The summed E-state index contributed by atoms with van der Waals surface area (Å²) in [5.74, 6) is -1.06. The van der Waals surface area contributed by atoms with Gasteiger partial charge in [0.15, 0.2) is 6.61 Å². The predicted octanol–water partition coefficient (Wildman–Crippen LogP) is 3.25. The number of aryl methyl sites for hydroxylation is 2. The van der Waals surface area contributed by atoms with E-state index >= 15 is 0 Å². The molecule has 3 rings (SSSR count). The second-order valence-electron chi connectivity index (χ2n) is 6.55. The number of ether oxygens (including phenoxy) is 1. The Morgan fingerprint density at radius 2 is 2.04 bits per heavy atom. The van der Waals surface area contributed by atoms with Crippen LogP contribution in [-0.2, 0) is 16.0 Å². The molecule has 27 heavy (non-hydrogen) atoms. The molecule has 0 aliphatic heterocycles. The van der Waals surface area contributed by atoms with E-state index in [0.717, 1.165) is 24.8 Å². The number of hydrogen-bond acceptors (Lipinski definition) is 5. The van der Waals surface area contributed by atoms with Gasteiger partial charge in [-0.15, -0.1) is 0 Å². The molecule has 2 aromatic carbocycles. The average molecular weight is 368 g/mol. The summed E-state index contributed by atoms with van der Waals surface area (Å²) in [7, 11) is 0. The van der Waals surface area contributed by atoms with Gasteiger partial charge in [-0.2, -0.15) is 0 Å². The monoisotopic (exact) mass is 368 g/mol. The fraction of sp³-hybridized carbons (Fsp3) is 0.300. The molecule has 140 valence electrons. The maximum absolute atomic E-state index is 12.2. The Balaban J connectivity index is 1.57. The van der Waals surface area contributed by atoms with Crippen molar-refractivity contribution in [3.05, 3.63) is 74.8 Å². The third-order valence-electron chi connectivity index (χ3n) is 4.67. The van der Waals surface area contributed by atoms with Gasteiger partial charge in [-0.1, -0.05) is 24.3 Å². The average Bonchev–Trinajstić information content (AvgIpc) is 2.66. The Morgan fingerprint density at radius 3 is 2.78 bits per heavy atom. The van der Waals surface area contributed by atoms with Gasteiger partial charge in [0.25, 0.3) is 11.6 Å². The molecule has 0 heterocycles. The topological polar surface area (TPSA) is 98.5 Å². The van der Waals surface area contributed by atoms with Crippen molar-refractivity contribution in [2.24, 2.45) is 0 Å². The normalized spacial score (nSPS) is 15.5. The Bertz CT molecular complexity index is 894. The zero-order valence-corrected chi connectivity index (χ0v) is 14.9. The van der Waals surface area contributed by atoms with Gasteiger partial charge in [0, 0.05) is 11.6 Å². The zero-order valence-electron chi connectivity index (χ0n) is 14.9. The van der Waals surface area contributed by atoms with Crippen LogP contribution in [0.4, 0.5) is 5.69 Å². The van der Waals surface area contributed by atoms with Crippen molar-refractivity contribution in [1.82, 2.24) is 5.32 Å². The lowest BCUT2D eigenvalue weighted by molar-refractivity contribution is -0.385. The number of nitro benzene ring substituents is 1. The number of nitrogens with zero attached hydrogens (tertiary/aromatic N) is 1. The highest BCUT2D eigenvalue weighted by molar-refractivity contribution is 5.91. The van der Waals surface area contributed by atoms with E-state index in [1.54, 1.807) is 6.92 Å². The molecule has 7 nitrogen and oxygen atoms in total. The SMILES string of the molecule is Cc1cc(C(=O)OCC(=O)N[C@@H]2CCCc3ccccc32)ccc1[N+](=O)[O-]. The number of rotatable bonds is 5. The van der Waals surface area contributed by atoms with Gasteiger partial charge in [0.1, 0.15) is 0 Å². The van der Waals surface area contributed by atoms with Gasteiger partial charge in [0.2, 0.25) is 0 Å². The molecule has 0 saturated carbocycles. The number of amides is 1. The number of carbonyl (C=O) groups is 2. The number of fused-ring (bicyclic) bond motifs is 1. The van der Waals surface area contributed by atoms with E-state index in [1.807, 2.05) is 18.2 Å². The molecule has 1 aliphatic carbocycles. The lowest BCUT2D eigenvalue weighted by atomic mass is 9.88. The Morgan fingerprint density at radius 1 is 1.26 bits per heavy atom. The molecule has 0 bridgehead atoms. The van der Waals surface area contributed by atoms with Gasteiger partial charge in [-0.25, -0.2) is 4.79 Å². The van der Waals surface area contributed by atoms with Crippen molar-refractivity contribution in [2.75, 3.05) is 6.61 Å². The van der Waals surface area contributed by atoms with Gasteiger partial charge >= 0.3 is 5.97 Å². The molecule has 1 aliphatic rings. The van der Waals surface area contributed by atoms with Crippen molar-refractivity contribution in [3.63, 3.8) is 0 Å². The van der Waals surface area contributed by atoms with Gasteiger partial charge in [0.05, 0.1) is 16.5 Å². The Hall–Kier alpha value is -3.22. The van der Waals surface area contributed by atoms with E-state index < -0.39 is 17.5 Å². The van der Waals surface area contributed by atoms with Crippen molar-refractivity contribution in [3.8, 4) is 0 Å². The highest BCUT2D eigenvalue weighted by Crippen LogP contribution is 2.29. The largest absolute Gasteiger partial charge is 0.452 e. The summed E-state index contributed by atoms with van der Waals surface area (Å²) >= 11 is 0. The van der Waals surface area contributed by atoms with Crippen LogP contribution in [0.1, 0.15) is 45.9 Å². The van der Waals surface area contributed by atoms with E-state index in [1.165, 1.54) is 23.8 Å². The molecular weight excluding hydrogens is 348 g/mol. The minimum absolute atomic E-state index is 0.0692. The Labute approximate surface area is 156 Å². The molecule has 0 fully saturated rings. The van der Waals surface area contributed by atoms with Crippen molar-refractivity contribution in [1.29, 1.82) is 0 Å². The third kappa shape index (κ3) is 4.31. The van der Waals surface area contributed by atoms with Crippen LogP contribution in [0, 0.1) is 17.0 Å². The molecule has 0 radical (unpaired) electrons. The van der Waals surface area contributed by atoms with E-state index in [4.69, 9.17) is 4.74 Å². The lowest BCUT2D eigenvalue weighted by Crippen LogP contribution is -2.34. The number of nitrogens with one attached hydrogen (secondary N) is 1. The summed E-state index contributed by atoms with van der Waals surface area (Å²) in [4.78, 5) is 34.6. The predicted molar refractivity (Wildman–Crippen MR) is 98.4 cm³/mol. The molecule has 1 atom stereocenters. The van der Waals surface area contributed by atoms with Crippen LogP contribution in [-0.4, -0.2) is 23.4 Å². The van der Waals surface area contributed by atoms with Gasteiger partial charge < -0.3 is 10.1 Å². The van der Waals surface area contributed by atoms with Crippen LogP contribution in [0.2, 0.25) is 0 Å². The van der Waals surface area contributed by atoms with Crippen molar-refractivity contribution >= 4 is 17.6 Å². The number of esters is 1. The molecule has 0 unspecified atom stereocenters. The number of nitro groups is 1. The number of carbonyl (C=O) groups excluding carboxylic acids is 2. The van der Waals surface area contributed by atoms with Crippen LogP contribution in [0.5, 0.6) is 0 Å². The smallest absolute Gasteiger partial charge is 0.338 e. The highest BCUT2D eigenvalue weighted by Gasteiger charge is 2.22. The third-order valence-corrected chi connectivity index (χ3v) is 4.67. The van der Waals surface area contributed by atoms with Gasteiger partial charge in [-0.05, 0) is 49.4 Å². The second kappa shape index (κ2) is 7.99. The molecule has 0 saturated heterocycles.